The second-order valence-corrected chi connectivity index (χ2v) is 4.16. The summed E-state index contributed by atoms with van der Waals surface area (Å²) in [5, 5.41) is 4.85. The smallest absolute Gasteiger partial charge is 0.226 e. The van der Waals surface area contributed by atoms with Crippen LogP contribution in [0.1, 0.15) is 24.2 Å². The third-order valence-electron chi connectivity index (χ3n) is 2.18. The molecule has 1 aromatic carbocycles. The molecular formula is C12H10Cl2N2O. The molecule has 17 heavy (non-hydrogen) atoms. The zero-order chi connectivity index (χ0) is 12.3. The predicted octanol–water partition coefficient (Wildman–Crippen LogP) is 4.11. The molecule has 5 heteroatoms. The summed E-state index contributed by atoms with van der Waals surface area (Å²) >= 11 is 12.0. The molecule has 2 rings (SSSR count). The molecule has 0 amide bonds. The first-order valence-corrected chi connectivity index (χ1v) is 5.91. The SMILES string of the molecule is CCc1nc(/C=C/c2cccc(Cl)c2Cl)no1. The van der Waals surface area contributed by atoms with E-state index < -0.39 is 0 Å². The highest BCUT2D eigenvalue weighted by Gasteiger charge is 2.03. The number of benzene rings is 1. The molecule has 0 aliphatic rings. The quantitative estimate of drug-likeness (QED) is 0.841. The maximum Gasteiger partial charge on any atom is 0.226 e. The van der Waals surface area contributed by atoms with Crippen LogP contribution in [-0.2, 0) is 6.42 Å². The largest absolute Gasteiger partial charge is 0.339 e. The second kappa shape index (κ2) is 5.34. The van der Waals surface area contributed by atoms with Gasteiger partial charge in [-0.15, -0.1) is 0 Å². The summed E-state index contributed by atoms with van der Waals surface area (Å²) in [4.78, 5) is 4.16. The number of aryl methyl sites for hydroxylation is 1. The Bertz CT molecular complexity index is 549. The first kappa shape index (κ1) is 12.1. The fourth-order valence-corrected chi connectivity index (χ4v) is 1.66. The van der Waals surface area contributed by atoms with Crippen LogP contribution in [0, 0.1) is 0 Å². The minimum atomic E-state index is 0.518. The fraction of sp³-hybridized carbons (Fsp3) is 0.167. The van der Waals surface area contributed by atoms with E-state index >= 15 is 0 Å². The van der Waals surface area contributed by atoms with Crippen molar-refractivity contribution in [1.82, 2.24) is 10.1 Å². The first-order valence-electron chi connectivity index (χ1n) is 5.15. The molecule has 0 saturated carbocycles. The van der Waals surface area contributed by atoms with Crippen molar-refractivity contribution in [2.24, 2.45) is 0 Å². The number of aromatic nitrogens is 2. The van der Waals surface area contributed by atoms with Gasteiger partial charge in [0.15, 0.2) is 5.82 Å². The Kier molecular flexibility index (Phi) is 3.82. The zero-order valence-corrected chi connectivity index (χ0v) is 10.7. The van der Waals surface area contributed by atoms with Gasteiger partial charge < -0.3 is 4.52 Å². The average Bonchev–Trinajstić information content (AvgIpc) is 2.79. The van der Waals surface area contributed by atoms with Crippen LogP contribution in [0.3, 0.4) is 0 Å². The zero-order valence-electron chi connectivity index (χ0n) is 9.15. The summed E-state index contributed by atoms with van der Waals surface area (Å²) < 4.78 is 4.98. The summed E-state index contributed by atoms with van der Waals surface area (Å²) in [6, 6.07) is 5.44. The van der Waals surface area contributed by atoms with Crippen LogP contribution in [0.5, 0.6) is 0 Å². The first-order chi connectivity index (χ1) is 8.20. The molecule has 0 spiro atoms. The van der Waals surface area contributed by atoms with Crippen molar-refractivity contribution < 1.29 is 4.52 Å². The summed E-state index contributed by atoms with van der Waals surface area (Å²) in [6.45, 7) is 1.95. The second-order valence-electron chi connectivity index (χ2n) is 3.38. The third-order valence-corrected chi connectivity index (χ3v) is 3.01. The van der Waals surface area contributed by atoms with Crippen LogP contribution in [0.25, 0.3) is 12.2 Å². The van der Waals surface area contributed by atoms with Gasteiger partial charge in [0.05, 0.1) is 10.0 Å². The van der Waals surface area contributed by atoms with Crippen molar-refractivity contribution in [1.29, 1.82) is 0 Å². The monoisotopic (exact) mass is 268 g/mol. The van der Waals surface area contributed by atoms with Gasteiger partial charge >= 0.3 is 0 Å². The summed E-state index contributed by atoms with van der Waals surface area (Å²) in [6.07, 6.45) is 4.26. The van der Waals surface area contributed by atoms with E-state index in [1.807, 2.05) is 19.1 Å². The molecular weight excluding hydrogens is 259 g/mol. The molecule has 1 heterocycles. The maximum atomic E-state index is 6.04. The topological polar surface area (TPSA) is 38.9 Å². The van der Waals surface area contributed by atoms with E-state index in [0.29, 0.717) is 21.8 Å². The number of hydrogen-bond donors (Lipinski definition) is 0. The van der Waals surface area contributed by atoms with Crippen molar-refractivity contribution in [3.63, 3.8) is 0 Å². The van der Waals surface area contributed by atoms with Crippen LogP contribution < -0.4 is 0 Å². The van der Waals surface area contributed by atoms with Crippen molar-refractivity contribution in [3.05, 3.63) is 45.5 Å². The minimum absolute atomic E-state index is 0.518. The van der Waals surface area contributed by atoms with Gasteiger partial charge in [-0.1, -0.05) is 47.4 Å². The van der Waals surface area contributed by atoms with E-state index in [1.54, 1.807) is 18.2 Å². The minimum Gasteiger partial charge on any atom is -0.339 e. The molecule has 3 nitrogen and oxygen atoms in total. The lowest BCUT2D eigenvalue weighted by molar-refractivity contribution is 0.380. The van der Waals surface area contributed by atoms with E-state index in [0.717, 1.165) is 12.0 Å². The molecule has 2 aromatic rings. The summed E-state index contributed by atoms with van der Waals surface area (Å²) in [7, 11) is 0. The van der Waals surface area contributed by atoms with Gasteiger partial charge in [-0.2, -0.15) is 4.98 Å². The molecule has 0 N–H and O–H groups in total. The van der Waals surface area contributed by atoms with Gasteiger partial charge in [0.1, 0.15) is 0 Å². The average molecular weight is 269 g/mol. The lowest BCUT2D eigenvalue weighted by atomic mass is 10.2. The number of hydrogen-bond acceptors (Lipinski definition) is 3. The van der Waals surface area contributed by atoms with E-state index in [2.05, 4.69) is 10.1 Å². The Morgan fingerprint density at radius 1 is 1.29 bits per heavy atom. The van der Waals surface area contributed by atoms with Gasteiger partial charge in [0.25, 0.3) is 0 Å². The van der Waals surface area contributed by atoms with E-state index in [1.165, 1.54) is 0 Å². The lowest BCUT2D eigenvalue weighted by Gasteiger charge is -1.98. The normalized spacial score (nSPS) is 11.2. The molecule has 0 saturated heterocycles. The molecule has 0 aliphatic heterocycles. The molecule has 0 fully saturated rings. The van der Waals surface area contributed by atoms with Crippen molar-refractivity contribution in [2.45, 2.75) is 13.3 Å². The Labute approximate surface area is 109 Å². The Hall–Kier alpha value is -1.32. The molecule has 0 radical (unpaired) electrons. The molecule has 1 aromatic heterocycles. The highest BCUT2D eigenvalue weighted by Crippen LogP contribution is 2.26. The predicted molar refractivity (Wildman–Crippen MR) is 69.1 cm³/mol. The Morgan fingerprint density at radius 3 is 2.82 bits per heavy atom. The van der Waals surface area contributed by atoms with Crippen LogP contribution in [0.2, 0.25) is 10.0 Å². The molecule has 0 unspecified atom stereocenters. The lowest BCUT2D eigenvalue weighted by Crippen LogP contribution is -1.80. The van der Waals surface area contributed by atoms with Crippen molar-refractivity contribution in [2.75, 3.05) is 0 Å². The van der Waals surface area contributed by atoms with Crippen LogP contribution in [0.15, 0.2) is 22.7 Å². The standard InChI is InChI=1S/C12H10Cl2N2O/c1-2-11-15-10(16-17-11)7-6-8-4-3-5-9(13)12(8)14/h3-7H,2H2,1H3/b7-6+. The Morgan fingerprint density at radius 2 is 2.12 bits per heavy atom. The van der Waals surface area contributed by atoms with E-state index in [9.17, 15) is 0 Å². The van der Waals surface area contributed by atoms with Gasteiger partial charge in [0, 0.05) is 6.42 Å². The highest BCUT2D eigenvalue weighted by molar-refractivity contribution is 6.42. The molecule has 0 atom stereocenters. The summed E-state index contributed by atoms with van der Waals surface area (Å²) in [5.41, 5.74) is 0.821. The van der Waals surface area contributed by atoms with Gasteiger partial charge in [-0.05, 0) is 23.8 Å². The number of nitrogens with zero attached hydrogens (tertiary/aromatic N) is 2. The van der Waals surface area contributed by atoms with E-state index in [4.69, 9.17) is 27.7 Å². The van der Waals surface area contributed by atoms with Crippen LogP contribution in [-0.4, -0.2) is 10.1 Å². The number of halogens is 2. The Balaban J connectivity index is 2.22. The van der Waals surface area contributed by atoms with E-state index in [-0.39, 0.29) is 0 Å². The summed E-state index contributed by atoms with van der Waals surface area (Å²) in [5.74, 6) is 1.14. The number of rotatable bonds is 3. The van der Waals surface area contributed by atoms with Gasteiger partial charge in [-0.25, -0.2) is 0 Å². The van der Waals surface area contributed by atoms with Crippen LogP contribution in [0.4, 0.5) is 0 Å². The van der Waals surface area contributed by atoms with Gasteiger partial charge in [-0.3, -0.25) is 0 Å². The molecule has 0 bridgehead atoms. The van der Waals surface area contributed by atoms with Crippen molar-refractivity contribution >= 4 is 35.4 Å². The highest BCUT2D eigenvalue weighted by atomic mass is 35.5. The van der Waals surface area contributed by atoms with Gasteiger partial charge in [0.2, 0.25) is 5.89 Å². The van der Waals surface area contributed by atoms with Crippen LogP contribution >= 0.6 is 23.2 Å². The third kappa shape index (κ3) is 2.87. The molecule has 0 aliphatic carbocycles. The fourth-order valence-electron chi connectivity index (χ4n) is 1.29. The van der Waals surface area contributed by atoms with Crippen molar-refractivity contribution in [3.8, 4) is 0 Å². The molecule has 88 valence electrons. The maximum absolute atomic E-state index is 6.04.